The third-order valence-electron chi connectivity index (χ3n) is 3.74. The Morgan fingerprint density at radius 1 is 1.33 bits per heavy atom. The van der Waals surface area contributed by atoms with Crippen molar-refractivity contribution in [2.24, 2.45) is 0 Å². The highest BCUT2D eigenvalue weighted by Crippen LogP contribution is 2.35. The largest absolute Gasteiger partial charge is 0.419 e. The second-order valence-corrected chi connectivity index (χ2v) is 6.29. The van der Waals surface area contributed by atoms with Crippen molar-refractivity contribution in [2.45, 2.75) is 38.4 Å². The van der Waals surface area contributed by atoms with E-state index in [1.54, 1.807) is 0 Å². The number of rotatable bonds is 4. The molecule has 0 aliphatic carbocycles. The summed E-state index contributed by atoms with van der Waals surface area (Å²) in [6.07, 6.45) is 0.531. The summed E-state index contributed by atoms with van der Waals surface area (Å²) < 4.78 is 39.3. The number of alkyl halides is 3. The van der Waals surface area contributed by atoms with Crippen LogP contribution in [0.15, 0.2) is 16.7 Å². The molecule has 0 amide bonds. The zero-order valence-corrected chi connectivity index (χ0v) is 13.5. The highest BCUT2D eigenvalue weighted by molar-refractivity contribution is 9.10. The van der Waals surface area contributed by atoms with Gasteiger partial charge < -0.3 is 5.32 Å². The summed E-state index contributed by atoms with van der Waals surface area (Å²) in [4.78, 5) is 6.17. The fraction of sp³-hybridized carbons (Fsp3) is 0.643. The Balaban J connectivity index is 2.02. The van der Waals surface area contributed by atoms with E-state index in [1.165, 1.54) is 12.6 Å². The van der Waals surface area contributed by atoms with Crippen molar-refractivity contribution in [1.82, 2.24) is 9.88 Å². The molecule has 1 atom stereocenters. The van der Waals surface area contributed by atoms with E-state index in [2.05, 4.69) is 31.1 Å². The lowest BCUT2D eigenvalue weighted by Crippen LogP contribution is -2.41. The second-order valence-electron chi connectivity index (χ2n) is 5.37. The molecule has 1 aliphatic heterocycles. The fourth-order valence-electron chi connectivity index (χ4n) is 2.53. The van der Waals surface area contributed by atoms with Gasteiger partial charge in [-0.2, -0.15) is 13.2 Å². The first kappa shape index (κ1) is 16.5. The van der Waals surface area contributed by atoms with E-state index >= 15 is 0 Å². The number of nitrogens with zero attached hydrogens (tertiary/aromatic N) is 2. The monoisotopic (exact) mass is 365 g/mol. The first-order chi connectivity index (χ1) is 9.88. The van der Waals surface area contributed by atoms with Crippen molar-refractivity contribution in [3.63, 3.8) is 0 Å². The van der Waals surface area contributed by atoms with Crippen molar-refractivity contribution in [2.75, 3.05) is 25.0 Å². The molecular weight excluding hydrogens is 347 g/mol. The van der Waals surface area contributed by atoms with Gasteiger partial charge in [-0.1, -0.05) is 6.42 Å². The first-order valence-electron chi connectivity index (χ1n) is 7.08. The summed E-state index contributed by atoms with van der Waals surface area (Å²) >= 11 is 3.03. The van der Waals surface area contributed by atoms with Crippen LogP contribution in [-0.4, -0.2) is 35.6 Å². The van der Waals surface area contributed by atoms with Gasteiger partial charge in [0.25, 0.3) is 0 Å². The number of pyridine rings is 1. The van der Waals surface area contributed by atoms with Gasteiger partial charge in [-0.05, 0) is 54.9 Å². The Bertz CT molecular complexity index is 473. The van der Waals surface area contributed by atoms with Crippen LogP contribution < -0.4 is 5.32 Å². The maximum absolute atomic E-state index is 13.0. The van der Waals surface area contributed by atoms with E-state index in [1.807, 2.05) is 6.92 Å². The van der Waals surface area contributed by atoms with Crippen LogP contribution >= 0.6 is 15.9 Å². The lowest BCUT2D eigenvalue weighted by Gasteiger charge is -2.32. The Hall–Kier alpha value is -0.820. The minimum Gasteiger partial charge on any atom is -0.368 e. The molecule has 1 N–H and O–H groups in total. The summed E-state index contributed by atoms with van der Waals surface area (Å²) in [6, 6.07) is 1.25. The lowest BCUT2D eigenvalue weighted by atomic mass is 10.1. The van der Waals surface area contributed by atoms with Crippen molar-refractivity contribution >= 4 is 21.7 Å². The van der Waals surface area contributed by atoms with Gasteiger partial charge in [0, 0.05) is 23.3 Å². The molecule has 0 bridgehead atoms. The Morgan fingerprint density at radius 3 is 2.62 bits per heavy atom. The van der Waals surface area contributed by atoms with Crippen molar-refractivity contribution in [3.8, 4) is 0 Å². The topological polar surface area (TPSA) is 28.2 Å². The van der Waals surface area contributed by atoms with Gasteiger partial charge in [0.15, 0.2) is 0 Å². The second kappa shape index (κ2) is 6.96. The van der Waals surface area contributed by atoms with Crippen LogP contribution in [0.5, 0.6) is 0 Å². The van der Waals surface area contributed by atoms with Crippen LogP contribution in [0.3, 0.4) is 0 Å². The number of hydrogen-bond acceptors (Lipinski definition) is 3. The molecule has 118 valence electrons. The summed E-state index contributed by atoms with van der Waals surface area (Å²) in [5, 5.41) is 2.85. The Kier molecular flexibility index (Phi) is 5.48. The van der Waals surface area contributed by atoms with Crippen LogP contribution in [0.25, 0.3) is 0 Å². The number of anilines is 1. The molecule has 3 nitrogen and oxygen atoms in total. The molecule has 0 spiro atoms. The molecule has 1 fully saturated rings. The Labute approximate surface area is 131 Å². The highest BCUT2D eigenvalue weighted by atomic mass is 79.9. The minimum absolute atomic E-state index is 0.102. The van der Waals surface area contributed by atoms with Crippen LogP contribution in [0, 0.1) is 0 Å². The number of halogens is 4. The van der Waals surface area contributed by atoms with Gasteiger partial charge in [0.05, 0.1) is 5.56 Å². The number of aromatic nitrogens is 1. The van der Waals surface area contributed by atoms with E-state index in [0.717, 1.165) is 32.0 Å². The summed E-state index contributed by atoms with van der Waals surface area (Å²) in [5.41, 5.74) is -0.734. The van der Waals surface area contributed by atoms with Gasteiger partial charge in [-0.15, -0.1) is 0 Å². The average Bonchev–Trinajstić information content (AvgIpc) is 2.45. The Morgan fingerprint density at radius 2 is 2.00 bits per heavy atom. The summed E-state index contributed by atoms with van der Waals surface area (Å²) in [5.74, 6) is -0.102. The predicted molar refractivity (Wildman–Crippen MR) is 80.3 cm³/mol. The number of likely N-dealkylation sites (tertiary alicyclic amines) is 1. The molecule has 1 saturated heterocycles. The normalized spacial score (nSPS) is 18.5. The zero-order valence-electron chi connectivity index (χ0n) is 11.9. The predicted octanol–water partition coefficient (Wildman–Crippen LogP) is 4.15. The smallest absolute Gasteiger partial charge is 0.368 e. The van der Waals surface area contributed by atoms with E-state index < -0.39 is 11.7 Å². The van der Waals surface area contributed by atoms with Crippen molar-refractivity contribution < 1.29 is 13.2 Å². The minimum atomic E-state index is -4.41. The number of hydrogen-bond donors (Lipinski definition) is 1. The third kappa shape index (κ3) is 4.57. The molecule has 1 aromatic rings. The van der Waals surface area contributed by atoms with Gasteiger partial charge in [-0.25, -0.2) is 4.98 Å². The van der Waals surface area contributed by atoms with Crippen LogP contribution in [0.4, 0.5) is 19.0 Å². The van der Waals surface area contributed by atoms with Crippen molar-refractivity contribution in [1.29, 1.82) is 0 Å². The quantitative estimate of drug-likeness (QED) is 0.868. The van der Waals surface area contributed by atoms with Crippen molar-refractivity contribution in [3.05, 3.63) is 22.3 Å². The maximum atomic E-state index is 13.0. The lowest BCUT2D eigenvalue weighted by molar-refractivity contribution is -0.137. The average molecular weight is 366 g/mol. The zero-order chi connectivity index (χ0) is 15.5. The van der Waals surface area contributed by atoms with E-state index in [4.69, 9.17) is 0 Å². The van der Waals surface area contributed by atoms with Crippen LogP contribution in [0.2, 0.25) is 0 Å². The molecule has 0 radical (unpaired) electrons. The molecule has 1 unspecified atom stereocenters. The molecule has 2 heterocycles. The van der Waals surface area contributed by atoms with Gasteiger partial charge in [0.1, 0.15) is 5.82 Å². The standard InChI is InChI=1S/C14H19BrF3N3/c1-10(21-5-3-2-4-6-21)8-19-13-12(14(16,17)18)7-11(15)9-20-13/h7,9-10H,2-6,8H2,1H3,(H,19,20). The molecule has 1 aromatic heterocycles. The molecule has 0 saturated carbocycles. The maximum Gasteiger partial charge on any atom is 0.419 e. The van der Waals surface area contributed by atoms with E-state index in [9.17, 15) is 13.2 Å². The molecule has 2 rings (SSSR count). The molecule has 1 aliphatic rings. The van der Waals surface area contributed by atoms with Gasteiger partial charge in [0.2, 0.25) is 0 Å². The molecule has 7 heteroatoms. The molecule has 0 aromatic carbocycles. The fourth-order valence-corrected chi connectivity index (χ4v) is 2.86. The first-order valence-corrected chi connectivity index (χ1v) is 7.88. The van der Waals surface area contributed by atoms with Crippen LogP contribution in [-0.2, 0) is 6.18 Å². The molecular formula is C14H19BrF3N3. The van der Waals surface area contributed by atoms with Gasteiger partial charge in [-0.3, -0.25) is 4.90 Å². The number of nitrogens with one attached hydrogen (secondary N) is 1. The summed E-state index contributed by atoms with van der Waals surface area (Å²) in [6.45, 7) is 4.52. The molecule has 21 heavy (non-hydrogen) atoms. The third-order valence-corrected chi connectivity index (χ3v) is 4.17. The van der Waals surface area contributed by atoms with Crippen LogP contribution in [0.1, 0.15) is 31.7 Å². The SMILES string of the molecule is CC(CNc1ncc(Br)cc1C(F)(F)F)N1CCCCC1. The van der Waals surface area contributed by atoms with E-state index in [0.29, 0.717) is 11.0 Å². The van der Waals surface area contributed by atoms with E-state index in [-0.39, 0.29) is 11.9 Å². The van der Waals surface area contributed by atoms with Gasteiger partial charge >= 0.3 is 6.18 Å². The highest BCUT2D eigenvalue weighted by Gasteiger charge is 2.34. The summed E-state index contributed by atoms with van der Waals surface area (Å²) in [7, 11) is 0. The number of piperidine rings is 1.